The van der Waals surface area contributed by atoms with Crippen molar-refractivity contribution in [2.75, 3.05) is 31.1 Å². The summed E-state index contributed by atoms with van der Waals surface area (Å²) in [4.78, 5) is 16.9. The number of benzene rings is 1. The average Bonchev–Trinajstić information content (AvgIpc) is 2.74. The molecule has 0 aromatic heterocycles. The molecular formula is C16H23N3O. The molecule has 0 saturated carbocycles. The van der Waals surface area contributed by atoms with Crippen molar-refractivity contribution in [1.29, 1.82) is 0 Å². The maximum Gasteiger partial charge on any atom is 0.241 e. The zero-order chi connectivity index (χ0) is 14.1. The number of carbonyl (C=O) groups is 1. The minimum Gasteiger partial charge on any atom is -0.312 e. The molecule has 0 bridgehead atoms. The first-order valence-electron chi connectivity index (χ1n) is 7.51. The Hall–Kier alpha value is -1.39. The third kappa shape index (κ3) is 2.58. The zero-order valence-electron chi connectivity index (χ0n) is 12.3. The summed E-state index contributed by atoms with van der Waals surface area (Å²) in [6, 6.07) is 9.02. The van der Waals surface area contributed by atoms with E-state index in [1.54, 1.807) is 0 Å². The lowest BCUT2D eigenvalue weighted by Crippen LogP contribution is -2.52. The van der Waals surface area contributed by atoms with Gasteiger partial charge in [-0.25, -0.2) is 0 Å². The molecule has 20 heavy (non-hydrogen) atoms. The van der Waals surface area contributed by atoms with Crippen molar-refractivity contribution in [3.05, 3.63) is 29.8 Å². The molecule has 1 aromatic rings. The third-order valence-corrected chi connectivity index (χ3v) is 4.29. The van der Waals surface area contributed by atoms with Crippen LogP contribution >= 0.6 is 0 Å². The van der Waals surface area contributed by atoms with Crippen LogP contribution in [0.4, 0.5) is 5.69 Å². The predicted octanol–water partition coefficient (Wildman–Crippen LogP) is 1.26. The van der Waals surface area contributed by atoms with E-state index in [0.717, 1.165) is 31.7 Å². The van der Waals surface area contributed by atoms with Crippen LogP contribution in [-0.4, -0.2) is 49.1 Å². The Labute approximate surface area is 120 Å². The molecule has 4 heteroatoms. The summed E-state index contributed by atoms with van der Waals surface area (Å²) in [7, 11) is 0. The van der Waals surface area contributed by atoms with Crippen molar-refractivity contribution in [2.24, 2.45) is 0 Å². The summed E-state index contributed by atoms with van der Waals surface area (Å²) in [5, 5.41) is 3.41. The molecule has 0 spiro atoms. The van der Waals surface area contributed by atoms with E-state index < -0.39 is 0 Å². The molecule has 1 amide bonds. The van der Waals surface area contributed by atoms with Gasteiger partial charge in [-0.1, -0.05) is 18.2 Å². The molecule has 2 aliphatic rings. The molecule has 4 nitrogen and oxygen atoms in total. The van der Waals surface area contributed by atoms with Crippen molar-refractivity contribution >= 4 is 11.6 Å². The summed E-state index contributed by atoms with van der Waals surface area (Å²) in [6.07, 6.45) is 0.972. The Kier molecular flexibility index (Phi) is 3.76. The Bertz CT molecular complexity index is 502. The highest BCUT2D eigenvalue weighted by Crippen LogP contribution is 2.31. The highest BCUT2D eigenvalue weighted by atomic mass is 16.2. The van der Waals surface area contributed by atoms with E-state index in [0.29, 0.717) is 12.6 Å². The van der Waals surface area contributed by atoms with Crippen molar-refractivity contribution in [1.82, 2.24) is 10.2 Å². The molecule has 1 saturated heterocycles. The largest absolute Gasteiger partial charge is 0.312 e. The van der Waals surface area contributed by atoms with Gasteiger partial charge in [0.15, 0.2) is 0 Å². The smallest absolute Gasteiger partial charge is 0.241 e. The number of hydrogen-bond donors (Lipinski definition) is 1. The quantitative estimate of drug-likeness (QED) is 0.881. The van der Waals surface area contributed by atoms with Gasteiger partial charge < -0.3 is 10.2 Å². The van der Waals surface area contributed by atoms with Gasteiger partial charge in [-0.05, 0) is 31.9 Å². The molecular weight excluding hydrogens is 250 g/mol. The Morgan fingerprint density at radius 3 is 2.95 bits per heavy atom. The van der Waals surface area contributed by atoms with Crippen LogP contribution in [0.1, 0.15) is 19.4 Å². The van der Waals surface area contributed by atoms with Gasteiger partial charge in [-0.3, -0.25) is 9.69 Å². The molecule has 2 heterocycles. The zero-order valence-corrected chi connectivity index (χ0v) is 12.3. The topological polar surface area (TPSA) is 35.6 Å². The van der Waals surface area contributed by atoms with Crippen LogP contribution in [0, 0.1) is 0 Å². The van der Waals surface area contributed by atoms with E-state index in [2.05, 4.69) is 42.3 Å². The highest BCUT2D eigenvalue weighted by molar-refractivity contribution is 5.97. The van der Waals surface area contributed by atoms with Crippen LogP contribution in [0.25, 0.3) is 0 Å². The lowest BCUT2D eigenvalue weighted by molar-refractivity contribution is -0.120. The summed E-state index contributed by atoms with van der Waals surface area (Å²) >= 11 is 0. The standard InChI is InChI=1S/C16H23N3O/c1-12-10-18(8-7-17-12)11-16(20)19-13(2)9-14-5-3-4-6-15(14)19/h3-6,12-13,17H,7-11H2,1-2H3. The molecule has 2 unspecified atom stereocenters. The second-order valence-corrected chi connectivity index (χ2v) is 6.04. The number of para-hydroxylation sites is 1. The van der Waals surface area contributed by atoms with Crippen molar-refractivity contribution in [3.63, 3.8) is 0 Å². The predicted molar refractivity (Wildman–Crippen MR) is 81.0 cm³/mol. The number of nitrogens with zero attached hydrogens (tertiary/aromatic N) is 2. The van der Waals surface area contributed by atoms with Crippen molar-refractivity contribution < 1.29 is 4.79 Å². The van der Waals surface area contributed by atoms with E-state index in [-0.39, 0.29) is 11.9 Å². The lowest BCUT2D eigenvalue weighted by atomic mass is 10.1. The van der Waals surface area contributed by atoms with Crippen LogP contribution in [0.3, 0.4) is 0 Å². The van der Waals surface area contributed by atoms with Crippen molar-refractivity contribution in [3.8, 4) is 0 Å². The van der Waals surface area contributed by atoms with Gasteiger partial charge in [0.05, 0.1) is 6.54 Å². The van der Waals surface area contributed by atoms with Crippen LogP contribution in [0.15, 0.2) is 24.3 Å². The van der Waals surface area contributed by atoms with Gasteiger partial charge in [0, 0.05) is 37.4 Å². The van der Waals surface area contributed by atoms with E-state index in [4.69, 9.17) is 0 Å². The van der Waals surface area contributed by atoms with Crippen molar-refractivity contribution in [2.45, 2.75) is 32.4 Å². The van der Waals surface area contributed by atoms with Gasteiger partial charge in [0.2, 0.25) is 5.91 Å². The third-order valence-electron chi connectivity index (χ3n) is 4.29. The fourth-order valence-corrected chi connectivity index (χ4v) is 3.37. The molecule has 108 valence electrons. The van der Waals surface area contributed by atoms with Crippen LogP contribution in [0.2, 0.25) is 0 Å². The number of amides is 1. The highest BCUT2D eigenvalue weighted by Gasteiger charge is 2.31. The van der Waals surface area contributed by atoms with Crippen LogP contribution in [-0.2, 0) is 11.2 Å². The molecule has 2 aliphatic heterocycles. The second-order valence-electron chi connectivity index (χ2n) is 6.04. The Morgan fingerprint density at radius 2 is 2.15 bits per heavy atom. The first kappa shape index (κ1) is 13.6. The number of fused-ring (bicyclic) bond motifs is 1. The van der Waals surface area contributed by atoms with Gasteiger partial charge >= 0.3 is 0 Å². The van der Waals surface area contributed by atoms with Gasteiger partial charge in [0.1, 0.15) is 0 Å². The summed E-state index contributed by atoms with van der Waals surface area (Å²) in [5.74, 6) is 0.233. The molecule has 3 rings (SSSR count). The SMILES string of the molecule is CC1CN(CC(=O)N2c3ccccc3CC2C)CCN1. The number of carbonyl (C=O) groups excluding carboxylic acids is 1. The number of anilines is 1. The Morgan fingerprint density at radius 1 is 1.35 bits per heavy atom. The summed E-state index contributed by atoms with van der Waals surface area (Å²) in [5.41, 5.74) is 2.40. The number of rotatable bonds is 2. The van der Waals surface area contributed by atoms with E-state index >= 15 is 0 Å². The van der Waals surface area contributed by atoms with E-state index in [1.165, 1.54) is 5.56 Å². The average molecular weight is 273 g/mol. The maximum absolute atomic E-state index is 12.7. The summed E-state index contributed by atoms with van der Waals surface area (Å²) in [6.45, 7) is 7.73. The number of piperazine rings is 1. The molecule has 1 N–H and O–H groups in total. The first-order valence-corrected chi connectivity index (χ1v) is 7.51. The minimum atomic E-state index is 0.233. The Balaban J connectivity index is 1.71. The first-order chi connectivity index (χ1) is 9.65. The monoisotopic (exact) mass is 273 g/mol. The fourth-order valence-electron chi connectivity index (χ4n) is 3.37. The number of nitrogens with one attached hydrogen (secondary N) is 1. The van der Waals surface area contributed by atoms with Crippen LogP contribution < -0.4 is 10.2 Å². The van der Waals surface area contributed by atoms with Gasteiger partial charge in [0.25, 0.3) is 0 Å². The molecule has 0 aliphatic carbocycles. The molecule has 0 radical (unpaired) electrons. The molecule has 2 atom stereocenters. The number of hydrogen-bond acceptors (Lipinski definition) is 3. The maximum atomic E-state index is 12.7. The van der Waals surface area contributed by atoms with Crippen LogP contribution in [0.5, 0.6) is 0 Å². The summed E-state index contributed by atoms with van der Waals surface area (Å²) < 4.78 is 0. The van der Waals surface area contributed by atoms with Gasteiger partial charge in [-0.2, -0.15) is 0 Å². The normalized spacial score (nSPS) is 26.6. The fraction of sp³-hybridized carbons (Fsp3) is 0.562. The minimum absolute atomic E-state index is 0.233. The second kappa shape index (κ2) is 5.54. The molecule has 1 fully saturated rings. The molecule has 1 aromatic carbocycles. The van der Waals surface area contributed by atoms with E-state index in [9.17, 15) is 4.79 Å². The lowest BCUT2D eigenvalue weighted by Gasteiger charge is -2.33. The van der Waals surface area contributed by atoms with E-state index in [1.807, 2.05) is 11.0 Å². The van der Waals surface area contributed by atoms with Gasteiger partial charge in [-0.15, -0.1) is 0 Å².